The van der Waals surface area contributed by atoms with Crippen LogP contribution in [0.5, 0.6) is 5.75 Å². The lowest BCUT2D eigenvalue weighted by Gasteiger charge is -2.19. The molecule has 1 aliphatic rings. The van der Waals surface area contributed by atoms with Crippen LogP contribution < -0.4 is 9.64 Å². The van der Waals surface area contributed by atoms with Gasteiger partial charge in [-0.15, -0.1) is 0 Å². The molecule has 0 saturated carbocycles. The van der Waals surface area contributed by atoms with Gasteiger partial charge in [-0.2, -0.15) is 0 Å². The zero-order chi connectivity index (χ0) is 18.8. The molecule has 1 saturated heterocycles. The molecule has 3 rings (SSSR count). The molecule has 1 heterocycles. The summed E-state index contributed by atoms with van der Waals surface area (Å²) in [5.74, 6) is 0.560. The van der Waals surface area contributed by atoms with Gasteiger partial charge in [0.25, 0.3) is 5.91 Å². The van der Waals surface area contributed by atoms with E-state index in [1.165, 1.54) is 4.90 Å². The number of carbonyl (C=O) groups excluding carboxylic acids is 2. The summed E-state index contributed by atoms with van der Waals surface area (Å²) in [6.45, 7) is 8.26. The van der Waals surface area contributed by atoms with Crippen molar-refractivity contribution < 1.29 is 14.3 Å². The first-order valence-corrected chi connectivity index (χ1v) is 8.79. The number of carbonyl (C=O) groups is 2. The van der Waals surface area contributed by atoms with Crippen molar-refractivity contribution in [3.8, 4) is 5.75 Å². The Morgan fingerprint density at radius 3 is 2.15 bits per heavy atom. The number of nitrogens with zero attached hydrogens (tertiary/aromatic N) is 2. The second-order valence-electron chi connectivity index (χ2n) is 6.83. The number of benzene rings is 2. The molecule has 0 aliphatic carbocycles. The molecular weight excluding hydrogens is 328 g/mol. The van der Waals surface area contributed by atoms with E-state index in [9.17, 15) is 9.59 Å². The van der Waals surface area contributed by atoms with Gasteiger partial charge in [0.2, 0.25) is 0 Å². The highest BCUT2D eigenvalue weighted by Crippen LogP contribution is 2.26. The minimum Gasteiger partial charge on any atom is -0.492 e. The van der Waals surface area contributed by atoms with Crippen molar-refractivity contribution in [2.45, 2.75) is 33.7 Å². The van der Waals surface area contributed by atoms with Crippen LogP contribution in [0.15, 0.2) is 42.5 Å². The van der Waals surface area contributed by atoms with Crippen molar-refractivity contribution in [1.29, 1.82) is 0 Å². The molecule has 136 valence electrons. The molecule has 1 atom stereocenters. The van der Waals surface area contributed by atoms with Gasteiger partial charge in [0.1, 0.15) is 18.4 Å². The van der Waals surface area contributed by atoms with Gasteiger partial charge in [-0.05, 0) is 63.1 Å². The largest absolute Gasteiger partial charge is 0.492 e. The lowest BCUT2D eigenvalue weighted by atomic mass is 10.1. The Balaban J connectivity index is 1.67. The van der Waals surface area contributed by atoms with Gasteiger partial charge in [-0.3, -0.25) is 14.6 Å². The van der Waals surface area contributed by atoms with E-state index in [-0.39, 0.29) is 25.1 Å². The van der Waals surface area contributed by atoms with E-state index in [1.54, 1.807) is 11.8 Å². The molecule has 0 radical (unpaired) electrons. The second kappa shape index (κ2) is 7.20. The first-order chi connectivity index (χ1) is 12.4. The number of ether oxygens (including phenoxy) is 1. The number of rotatable bonds is 5. The van der Waals surface area contributed by atoms with Crippen molar-refractivity contribution in [2.24, 2.45) is 0 Å². The zero-order valence-electron chi connectivity index (χ0n) is 15.7. The lowest BCUT2D eigenvalue weighted by Crippen LogP contribution is -2.36. The van der Waals surface area contributed by atoms with Gasteiger partial charge in [0.15, 0.2) is 0 Å². The molecular formula is C21H24N2O3. The number of imide groups is 1. The Kier molecular flexibility index (Phi) is 4.98. The number of anilines is 1. The van der Waals surface area contributed by atoms with E-state index in [1.807, 2.05) is 57.2 Å². The summed E-state index contributed by atoms with van der Waals surface area (Å²) in [6.07, 6.45) is 0. The van der Waals surface area contributed by atoms with Gasteiger partial charge >= 0.3 is 6.03 Å². The summed E-state index contributed by atoms with van der Waals surface area (Å²) in [7, 11) is 0. The van der Waals surface area contributed by atoms with E-state index >= 15 is 0 Å². The highest BCUT2D eigenvalue weighted by atomic mass is 16.5. The molecule has 0 N–H and O–H groups in total. The fourth-order valence-electron chi connectivity index (χ4n) is 3.24. The van der Waals surface area contributed by atoms with Gasteiger partial charge in [-0.1, -0.05) is 23.8 Å². The molecule has 26 heavy (non-hydrogen) atoms. The predicted octanol–water partition coefficient (Wildman–Crippen LogP) is 3.85. The summed E-state index contributed by atoms with van der Waals surface area (Å²) >= 11 is 0. The molecule has 0 spiro atoms. The van der Waals surface area contributed by atoms with Crippen LogP contribution in [0.4, 0.5) is 10.5 Å². The number of urea groups is 1. The summed E-state index contributed by atoms with van der Waals surface area (Å²) in [5.41, 5.74) is 4.08. The van der Waals surface area contributed by atoms with Crippen LogP contribution in [-0.4, -0.2) is 36.0 Å². The van der Waals surface area contributed by atoms with Crippen LogP contribution in [-0.2, 0) is 4.79 Å². The Morgan fingerprint density at radius 2 is 1.54 bits per heavy atom. The minimum absolute atomic E-state index is 0.195. The highest BCUT2D eigenvalue weighted by molar-refractivity contribution is 6.14. The van der Waals surface area contributed by atoms with Gasteiger partial charge in [0, 0.05) is 5.69 Å². The normalized spacial score (nSPS) is 17.2. The maximum atomic E-state index is 12.7. The quantitative estimate of drug-likeness (QED) is 0.768. The van der Waals surface area contributed by atoms with Gasteiger partial charge < -0.3 is 4.74 Å². The number of amides is 3. The van der Waals surface area contributed by atoms with E-state index in [4.69, 9.17) is 4.74 Å². The first-order valence-electron chi connectivity index (χ1n) is 8.79. The zero-order valence-corrected chi connectivity index (χ0v) is 15.7. The predicted molar refractivity (Wildman–Crippen MR) is 102 cm³/mol. The van der Waals surface area contributed by atoms with Crippen LogP contribution in [0.2, 0.25) is 0 Å². The van der Waals surface area contributed by atoms with Crippen LogP contribution in [0.3, 0.4) is 0 Å². The number of aryl methyl sites for hydroxylation is 3. The molecule has 3 amide bonds. The van der Waals surface area contributed by atoms with E-state index < -0.39 is 6.04 Å². The molecule has 0 bridgehead atoms. The lowest BCUT2D eigenvalue weighted by molar-refractivity contribution is -0.127. The highest BCUT2D eigenvalue weighted by Gasteiger charge is 2.43. The number of hydrogen-bond donors (Lipinski definition) is 0. The SMILES string of the molecule is Cc1ccc(N2C(=O)N(CCOc3cc(C)cc(C)c3)C(=O)[C@@H]2C)cc1. The van der Waals surface area contributed by atoms with E-state index in [0.717, 1.165) is 28.1 Å². The van der Waals surface area contributed by atoms with Crippen molar-refractivity contribution in [1.82, 2.24) is 4.90 Å². The van der Waals surface area contributed by atoms with Crippen molar-refractivity contribution in [2.75, 3.05) is 18.1 Å². The van der Waals surface area contributed by atoms with Gasteiger partial charge in [-0.25, -0.2) is 4.79 Å². The van der Waals surface area contributed by atoms with Crippen LogP contribution in [0.25, 0.3) is 0 Å². The molecule has 1 aliphatic heterocycles. The second-order valence-corrected chi connectivity index (χ2v) is 6.83. The summed E-state index contributed by atoms with van der Waals surface area (Å²) in [4.78, 5) is 28.1. The van der Waals surface area contributed by atoms with E-state index in [2.05, 4.69) is 6.07 Å². The summed E-state index contributed by atoms with van der Waals surface area (Å²) < 4.78 is 5.75. The topological polar surface area (TPSA) is 49.9 Å². The number of hydrogen-bond acceptors (Lipinski definition) is 3. The average Bonchev–Trinajstić information content (AvgIpc) is 2.78. The Morgan fingerprint density at radius 1 is 0.923 bits per heavy atom. The fourth-order valence-corrected chi connectivity index (χ4v) is 3.24. The third kappa shape index (κ3) is 3.57. The minimum atomic E-state index is -0.508. The fraction of sp³-hybridized carbons (Fsp3) is 0.333. The third-order valence-corrected chi connectivity index (χ3v) is 4.54. The summed E-state index contributed by atoms with van der Waals surface area (Å²) in [5, 5.41) is 0. The standard InChI is InChI=1S/C21H24N2O3/c1-14-5-7-18(8-6-14)23-17(4)20(24)22(21(23)25)9-10-26-19-12-15(2)11-16(3)13-19/h5-8,11-13,17H,9-10H2,1-4H3/t17-/m0/s1. The Bertz CT molecular complexity index is 809. The third-order valence-electron chi connectivity index (χ3n) is 4.54. The summed E-state index contributed by atoms with van der Waals surface area (Å²) in [6, 6.07) is 12.8. The molecule has 1 fully saturated rings. The van der Waals surface area contributed by atoms with Crippen LogP contribution in [0.1, 0.15) is 23.6 Å². The monoisotopic (exact) mass is 352 g/mol. The molecule has 0 unspecified atom stereocenters. The average molecular weight is 352 g/mol. The molecule has 2 aromatic carbocycles. The Hall–Kier alpha value is -2.82. The molecule has 5 heteroatoms. The maximum Gasteiger partial charge on any atom is 0.332 e. The van der Waals surface area contributed by atoms with Crippen LogP contribution >= 0.6 is 0 Å². The maximum absolute atomic E-state index is 12.7. The first kappa shape index (κ1) is 18.0. The van der Waals surface area contributed by atoms with Crippen molar-refractivity contribution in [3.63, 3.8) is 0 Å². The smallest absolute Gasteiger partial charge is 0.332 e. The molecule has 5 nitrogen and oxygen atoms in total. The van der Waals surface area contributed by atoms with Crippen LogP contribution in [0, 0.1) is 20.8 Å². The van der Waals surface area contributed by atoms with Crippen molar-refractivity contribution in [3.05, 3.63) is 59.2 Å². The Labute approximate surface area is 154 Å². The van der Waals surface area contributed by atoms with Crippen molar-refractivity contribution >= 4 is 17.6 Å². The van der Waals surface area contributed by atoms with E-state index in [0.29, 0.717) is 0 Å². The van der Waals surface area contributed by atoms with Gasteiger partial charge in [0.05, 0.1) is 6.54 Å². The molecule has 0 aromatic heterocycles. The molecule has 2 aromatic rings.